The minimum absolute atomic E-state index is 0.0149. The van der Waals surface area contributed by atoms with Crippen molar-refractivity contribution >= 4 is 11.9 Å². The zero-order chi connectivity index (χ0) is 32.7. The molecule has 44 heavy (non-hydrogen) atoms. The van der Waals surface area contributed by atoms with E-state index >= 15 is 0 Å². The van der Waals surface area contributed by atoms with Crippen molar-refractivity contribution in [1.82, 2.24) is 0 Å². The Labute approximate surface area is 243 Å². The lowest BCUT2D eigenvalue weighted by Gasteiger charge is -2.13. The van der Waals surface area contributed by atoms with Crippen LogP contribution in [0.5, 0.6) is 17.2 Å². The molecule has 238 valence electrons. The zero-order valence-corrected chi connectivity index (χ0v) is 22.7. The second kappa shape index (κ2) is 14.9. The SMILES string of the molecule is CCCCCCCOc1cc(CC(=O)Oc2c(F)c(F)c(F)c(F)c2F)cc(CC(=O)Oc2c(F)c(F)c(F)c(F)c2F)c1. The Morgan fingerprint density at radius 2 is 0.886 bits per heavy atom. The molecule has 0 spiro atoms. The maximum atomic E-state index is 13.9. The summed E-state index contributed by atoms with van der Waals surface area (Å²) in [4.78, 5) is 24.8. The molecule has 0 aliphatic rings. The number of halogens is 10. The second-order valence-corrected chi connectivity index (χ2v) is 9.35. The third kappa shape index (κ3) is 7.99. The molecule has 0 aromatic heterocycles. The number of benzene rings is 3. The quantitative estimate of drug-likeness (QED) is 0.0478. The van der Waals surface area contributed by atoms with E-state index in [4.69, 9.17) is 4.74 Å². The molecule has 0 fully saturated rings. The van der Waals surface area contributed by atoms with Crippen molar-refractivity contribution in [3.8, 4) is 17.2 Å². The van der Waals surface area contributed by atoms with Crippen molar-refractivity contribution in [1.29, 1.82) is 0 Å². The van der Waals surface area contributed by atoms with Gasteiger partial charge in [-0.3, -0.25) is 9.59 Å². The first-order valence-electron chi connectivity index (χ1n) is 13.0. The van der Waals surface area contributed by atoms with E-state index in [1.807, 2.05) is 6.92 Å². The van der Waals surface area contributed by atoms with Crippen LogP contribution in [0.25, 0.3) is 0 Å². The first-order chi connectivity index (χ1) is 20.8. The van der Waals surface area contributed by atoms with Crippen molar-refractivity contribution < 1.29 is 67.7 Å². The number of carbonyl (C=O) groups excluding carboxylic acids is 2. The predicted molar refractivity (Wildman–Crippen MR) is 132 cm³/mol. The Kier molecular flexibility index (Phi) is 11.6. The highest BCUT2D eigenvalue weighted by molar-refractivity contribution is 5.77. The minimum Gasteiger partial charge on any atom is -0.494 e. The van der Waals surface area contributed by atoms with Crippen molar-refractivity contribution in [3.05, 3.63) is 87.5 Å². The monoisotopic (exact) mass is 640 g/mol. The molecule has 0 N–H and O–H groups in total. The van der Waals surface area contributed by atoms with E-state index in [2.05, 4.69) is 9.47 Å². The van der Waals surface area contributed by atoms with Crippen LogP contribution in [0.1, 0.15) is 50.2 Å². The predicted octanol–water partition coefficient (Wildman–Crippen LogP) is 7.72. The van der Waals surface area contributed by atoms with Gasteiger partial charge >= 0.3 is 11.9 Å². The molecule has 0 aliphatic heterocycles. The lowest BCUT2D eigenvalue weighted by molar-refractivity contribution is -0.134. The van der Waals surface area contributed by atoms with Crippen molar-refractivity contribution in [3.63, 3.8) is 0 Å². The summed E-state index contributed by atoms with van der Waals surface area (Å²) in [5.74, 6) is -30.6. The molecule has 0 aliphatic carbocycles. The van der Waals surface area contributed by atoms with Gasteiger partial charge in [-0.1, -0.05) is 38.7 Å². The molecule has 0 saturated carbocycles. The molecular weight excluding hydrogens is 618 g/mol. The first kappa shape index (κ1) is 34.2. The highest BCUT2D eigenvalue weighted by Gasteiger charge is 2.30. The van der Waals surface area contributed by atoms with E-state index in [0.29, 0.717) is 6.42 Å². The second-order valence-electron chi connectivity index (χ2n) is 9.35. The van der Waals surface area contributed by atoms with Gasteiger partial charge in [0.1, 0.15) is 5.75 Å². The van der Waals surface area contributed by atoms with Crippen LogP contribution in [0.2, 0.25) is 0 Å². The summed E-state index contributed by atoms with van der Waals surface area (Å²) in [6, 6.07) is 3.54. The molecule has 15 heteroatoms. The van der Waals surface area contributed by atoms with E-state index in [9.17, 15) is 53.5 Å². The van der Waals surface area contributed by atoms with Gasteiger partial charge in [0.05, 0.1) is 19.4 Å². The smallest absolute Gasteiger partial charge is 0.315 e. The van der Waals surface area contributed by atoms with Crippen LogP contribution in [-0.2, 0) is 22.4 Å². The van der Waals surface area contributed by atoms with Crippen LogP contribution in [0.15, 0.2) is 18.2 Å². The number of carbonyl (C=O) groups is 2. The Balaban J connectivity index is 1.84. The van der Waals surface area contributed by atoms with Crippen LogP contribution in [0, 0.1) is 58.2 Å². The lowest BCUT2D eigenvalue weighted by Crippen LogP contribution is -2.17. The van der Waals surface area contributed by atoms with Gasteiger partial charge in [0.15, 0.2) is 0 Å². The Morgan fingerprint density at radius 3 is 1.27 bits per heavy atom. The fourth-order valence-electron chi connectivity index (χ4n) is 3.89. The Morgan fingerprint density at radius 1 is 0.523 bits per heavy atom. The molecule has 5 nitrogen and oxygen atoms in total. The summed E-state index contributed by atoms with van der Waals surface area (Å²) >= 11 is 0. The summed E-state index contributed by atoms with van der Waals surface area (Å²) in [5.41, 5.74) is -0.164. The number of hydrogen-bond acceptors (Lipinski definition) is 5. The van der Waals surface area contributed by atoms with Gasteiger partial charge in [0, 0.05) is 0 Å². The molecule has 0 saturated heterocycles. The van der Waals surface area contributed by atoms with E-state index in [1.165, 1.54) is 12.1 Å². The third-order valence-corrected chi connectivity index (χ3v) is 6.01. The van der Waals surface area contributed by atoms with Gasteiger partial charge < -0.3 is 14.2 Å². The zero-order valence-electron chi connectivity index (χ0n) is 22.7. The highest BCUT2D eigenvalue weighted by atomic mass is 19.2. The number of hydrogen-bond donors (Lipinski definition) is 0. The van der Waals surface area contributed by atoms with Gasteiger partial charge in [0.2, 0.25) is 69.7 Å². The van der Waals surface area contributed by atoms with E-state index in [-0.39, 0.29) is 23.5 Å². The average Bonchev–Trinajstić information content (AvgIpc) is 2.99. The molecular formula is C29H22F10O5. The number of esters is 2. The van der Waals surface area contributed by atoms with E-state index in [0.717, 1.165) is 31.7 Å². The van der Waals surface area contributed by atoms with Crippen LogP contribution in [0.4, 0.5) is 43.9 Å². The molecule has 0 heterocycles. The molecule has 3 rings (SSSR count). The summed E-state index contributed by atoms with van der Waals surface area (Å²) in [6.07, 6.45) is 2.52. The van der Waals surface area contributed by atoms with Crippen LogP contribution >= 0.6 is 0 Å². The largest absolute Gasteiger partial charge is 0.494 e. The molecule has 0 atom stereocenters. The number of ether oxygens (including phenoxy) is 3. The van der Waals surface area contributed by atoms with Crippen molar-refractivity contribution in [2.75, 3.05) is 6.61 Å². The fourth-order valence-corrected chi connectivity index (χ4v) is 3.89. The van der Waals surface area contributed by atoms with Crippen LogP contribution in [-0.4, -0.2) is 18.5 Å². The van der Waals surface area contributed by atoms with Gasteiger partial charge in [-0.25, -0.2) is 26.3 Å². The highest BCUT2D eigenvalue weighted by Crippen LogP contribution is 2.31. The Bertz CT molecular complexity index is 1400. The first-order valence-corrected chi connectivity index (χ1v) is 13.0. The normalized spacial score (nSPS) is 11.1. The lowest BCUT2D eigenvalue weighted by atomic mass is 10.0. The molecule has 0 unspecified atom stereocenters. The van der Waals surface area contributed by atoms with Crippen LogP contribution in [0.3, 0.4) is 0 Å². The topological polar surface area (TPSA) is 61.8 Å². The van der Waals surface area contributed by atoms with Gasteiger partial charge in [-0.05, 0) is 29.7 Å². The third-order valence-electron chi connectivity index (χ3n) is 6.01. The fraction of sp³-hybridized carbons (Fsp3) is 0.310. The summed E-state index contributed by atoms with van der Waals surface area (Å²) < 4.78 is 151. The standard InChI is InChI=1S/C29H22F10O5/c1-2-3-4-5-6-7-42-15-9-13(11-16(40)43-28-24(36)20(32)18(30)21(33)25(28)37)8-14(10-15)12-17(41)44-29-26(38)22(34)19(31)23(35)27(29)39/h8-10H,2-7,11-12H2,1H3. The average molecular weight is 640 g/mol. The summed E-state index contributed by atoms with van der Waals surface area (Å²) in [5, 5.41) is 0. The maximum absolute atomic E-state index is 13.9. The van der Waals surface area contributed by atoms with Gasteiger partial charge in [0.25, 0.3) is 0 Å². The van der Waals surface area contributed by atoms with Crippen molar-refractivity contribution in [2.24, 2.45) is 0 Å². The summed E-state index contributed by atoms with van der Waals surface area (Å²) in [6.45, 7) is 2.16. The molecule has 0 radical (unpaired) electrons. The minimum atomic E-state index is -2.47. The van der Waals surface area contributed by atoms with Gasteiger partial charge in [-0.15, -0.1) is 0 Å². The Hall–Kier alpha value is -4.30. The number of unbranched alkanes of at least 4 members (excludes halogenated alkanes) is 4. The molecule has 0 bridgehead atoms. The van der Waals surface area contributed by atoms with Gasteiger partial charge in [-0.2, -0.15) is 17.6 Å². The number of rotatable bonds is 13. The van der Waals surface area contributed by atoms with E-state index in [1.54, 1.807) is 0 Å². The maximum Gasteiger partial charge on any atom is 0.315 e. The molecule has 3 aromatic rings. The molecule has 3 aromatic carbocycles. The molecule has 0 amide bonds. The van der Waals surface area contributed by atoms with E-state index < -0.39 is 94.5 Å². The van der Waals surface area contributed by atoms with Crippen molar-refractivity contribution in [2.45, 2.75) is 51.9 Å². The summed E-state index contributed by atoms with van der Waals surface area (Å²) in [7, 11) is 0. The van der Waals surface area contributed by atoms with Crippen LogP contribution < -0.4 is 14.2 Å².